The van der Waals surface area contributed by atoms with Crippen molar-refractivity contribution in [1.82, 2.24) is 10.2 Å². The fourth-order valence-electron chi connectivity index (χ4n) is 4.42. The molecule has 3 amide bonds. The molecule has 4 unspecified atom stereocenters. The first-order chi connectivity index (χ1) is 12.3. The third-order valence-electron chi connectivity index (χ3n) is 5.75. The summed E-state index contributed by atoms with van der Waals surface area (Å²) in [7, 11) is 0. The quantitative estimate of drug-likeness (QED) is 0.653. The molecule has 26 heavy (non-hydrogen) atoms. The maximum Gasteiger partial charge on any atom is 0.261 e. The van der Waals surface area contributed by atoms with E-state index in [1.54, 1.807) is 0 Å². The topological polar surface area (TPSA) is 66.5 Å². The first kappa shape index (κ1) is 17.5. The molecule has 2 heterocycles. The van der Waals surface area contributed by atoms with Crippen molar-refractivity contribution < 1.29 is 14.4 Å². The van der Waals surface area contributed by atoms with Gasteiger partial charge in [0.05, 0.1) is 16.7 Å². The van der Waals surface area contributed by atoms with Crippen molar-refractivity contribution in [3.8, 4) is 0 Å². The van der Waals surface area contributed by atoms with Crippen LogP contribution in [0.25, 0.3) is 0 Å². The van der Waals surface area contributed by atoms with Crippen LogP contribution >= 0.6 is 11.3 Å². The summed E-state index contributed by atoms with van der Waals surface area (Å²) in [6.45, 7) is 6.90. The van der Waals surface area contributed by atoms with Crippen LogP contribution in [0.1, 0.15) is 41.7 Å². The molecule has 0 aromatic carbocycles. The number of nitrogens with one attached hydrogen (secondary N) is 1. The molecule has 1 saturated carbocycles. The van der Waals surface area contributed by atoms with E-state index in [-0.39, 0.29) is 53.4 Å². The minimum Gasteiger partial charge on any atom is -0.350 e. The smallest absolute Gasteiger partial charge is 0.261 e. The molecule has 1 aliphatic heterocycles. The first-order valence-corrected chi connectivity index (χ1v) is 10.0. The van der Waals surface area contributed by atoms with Gasteiger partial charge in [-0.15, -0.1) is 11.3 Å². The number of likely N-dealkylation sites (tertiary alicyclic amines) is 1. The molecule has 1 N–H and O–H groups in total. The highest BCUT2D eigenvalue weighted by molar-refractivity contribution is 7.14. The molecule has 3 aliphatic rings. The Labute approximate surface area is 157 Å². The highest BCUT2D eigenvalue weighted by Crippen LogP contribution is 2.52. The lowest BCUT2D eigenvalue weighted by Gasteiger charge is -2.17. The maximum atomic E-state index is 12.6. The molecule has 0 spiro atoms. The second-order valence-corrected chi connectivity index (χ2v) is 9.58. The molecule has 0 radical (unpaired) electrons. The number of fused-ring (bicyclic) bond motifs is 5. The Hall–Kier alpha value is -1.95. The van der Waals surface area contributed by atoms with E-state index in [1.807, 2.05) is 12.1 Å². The summed E-state index contributed by atoms with van der Waals surface area (Å²) in [5.41, 5.74) is 0.0166. The van der Waals surface area contributed by atoms with Crippen LogP contribution in [-0.2, 0) is 15.0 Å². The second kappa shape index (κ2) is 6.05. The summed E-state index contributed by atoms with van der Waals surface area (Å²) in [5, 5.41) is 2.85. The zero-order chi connectivity index (χ0) is 18.6. The number of hydrogen-bond donors (Lipinski definition) is 1. The number of allylic oxidation sites excluding steroid dienone is 2. The van der Waals surface area contributed by atoms with Gasteiger partial charge < -0.3 is 5.32 Å². The number of rotatable bonds is 4. The third-order valence-corrected chi connectivity index (χ3v) is 7.26. The summed E-state index contributed by atoms with van der Waals surface area (Å²) < 4.78 is 0. The molecular formula is C20H24N2O3S. The van der Waals surface area contributed by atoms with Gasteiger partial charge in [0.15, 0.2) is 0 Å². The average molecular weight is 372 g/mol. The SMILES string of the molecule is CC(C)(C)c1ccc(C(=O)NCCN2C(=O)C3C4C=CC(C4)C3C2=O)s1. The number of carbonyl (C=O) groups excluding carboxylic acids is 3. The molecule has 2 fully saturated rings. The largest absolute Gasteiger partial charge is 0.350 e. The first-order valence-electron chi connectivity index (χ1n) is 9.19. The lowest BCUT2D eigenvalue weighted by atomic mass is 9.85. The molecule has 6 heteroatoms. The summed E-state index contributed by atoms with van der Waals surface area (Å²) in [4.78, 5) is 40.7. The minimum absolute atomic E-state index is 0.0166. The van der Waals surface area contributed by atoms with E-state index in [1.165, 1.54) is 16.2 Å². The summed E-state index contributed by atoms with van der Waals surface area (Å²) in [6.07, 6.45) is 5.11. The van der Waals surface area contributed by atoms with Gasteiger partial charge in [0.25, 0.3) is 5.91 Å². The van der Waals surface area contributed by atoms with Crippen LogP contribution in [0.2, 0.25) is 0 Å². The highest BCUT2D eigenvalue weighted by Gasteiger charge is 2.58. The Kier molecular flexibility index (Phi) is 4.06. The van der Waals surface area contributed by atoms with Crippen molar-refractivity contribution in [3.63, 3.8) is 0 Å². The number of imide groups is 1. The fraction of sp³-hybridized carbons (Fsp3) is 0.550. The second-order valence-electron chi connectivity index (χ2n) is 8.50. The standard InChI is InChI=1S/C20H24N2O3S/c1-20(2,3)14-7-6-13(26-14)17(23)21-8-9-22-18(24)15-11-4-5-12(10-11)16(15)19(22)25/h4-7,11-12,15-16H,8-10H2,1-3H3,(H,21,23). The average Bonchev–Trinajstić information content (AvgIpc) is 3.33. The summed E-state index contributed by atoms with van der Waals surface area (Å²) >= 11 is 1.49. The van der Waals surface area contributed by atoms with Crippen molar-refractivity contribution in [2.45, 2.75) is 32.6 Å². The molecular weight excluding hydrogens is 348 g/mol. The van der Waals surface area contributed by atoms with Crippen LogP contribution in [0.5, 0.6) is 0 Å². The van der Waals surface area contributed by atoms with E-state index >= 15 is 0 Å². The van der Waals surface area contributed by atoms with Crippen molar-refractivity contribution in [1.29, 1.82) is 0 Å². The molecule has 2 bridgehead atoms. The van der Waals surface area contributed by atoms with Crippen molar-refractivity contribution in [2.24, 2.45) is 23.7 Å². The molecule has 1 aromatic rings. The predicted molar refractivity (Wildman–Crippen MR) is 99.8 cm³/mol. The minimum atomic E-state index is -0.167. The maximum absolute atomic E-state index is 12.6. The summed E-state index contributed by atoms with van der Waals surface area (Å²) in [5.74, 6) is -0.147. The Morgan fingerprint density at radius 2 is 1.77 bits per heavy atom. The third kappa shape index (κ3) is 2.71. The van der Waals surface area contributed by atoms with Gasteiger partial charge in [0.1, 0.15) is 0 Å². The van der Waals surface area contributed by atoms with E-state index in [2.05, 4.69) is 38.2 Å². The molecule has 1 aromatic heterocycles. The van der Waals surface area contributed by atoms with E-state index in [0.29, 0.717) is 11.4 Å². The van der Waals surface area contributed by atoms with E-state index in [0.717, 1.165) is 11.3 Å². The Balaban J connectivity index is 1.34. The van der Waals surface area contributed by atoms with Crippen molar-refractivity contribution in [2.75, 3.05) is 13.1 Å². The Morgan fingerprint density at radius 1 is 1.15 bits per heavy atom. The van der Waals surface area contributed by atoms with Crippen molar-refractivity contribution in [3.05, 3.63) is 34.0 Å². The van der Waals surface area contributed by atoms with E-state index in [4.69, 9.17) is 0 Å². The number of carbonyl (C=O) groups is 3. The van der Waals surface area contributed by atoms with Gasteiger partial charge in [-0.1, -0.05) is 32.9 Å². The van der Waals surface area contributed by atoms with Gasteiger partial charge in [-0.05, 0) is 35.8 Å². The van der Waals surface area contributed by atoms with Gasteiger partial charge in [-0.3, -0.25) is 19.3 Å². The Morgan fingerprint density at radius 3 is 2.31 bits per heavy atom. The van der Waals surface area contributed by atoms with Gasteiger partial charge in [0, 0.05) is 18.0 Å². The predicted octanol–water partition coefficient (Wildman–Crippen LogP) is 2.58. The molecule has 1 saturated heterocycles. The van der Waals surface area contributed by atoms with Gasteiger partial charge in [0.2, 0.25) is 11.8 Å². The number of amides is 3. The molecule has 4 atom stereocenters. The zero-order valence-electron chi connectivity index (χ0n) is 15.3. The van der Waals surface area contributed by atoms with Crippen LogP contribution in [0.3, 0.4) is 0 Å². The summed E-state index contributed by atoms with van der Waals surface area (Å²) in [6, 6.07) is 3.82. The normalized spacial score (nSPS) is 29.6. The highest BCUT2D eigenvalue weighted by atomic mass is 32.1. The molecule has 5 nitrogen and oxygen atoms in total. The lowest BCUT2D eigenvalue weighted by Crippen LogP contribution is -2.39. The number of hydrogen-bond acceptors (Lipinski definition) is 4. The Bertz CT molecular complexity index is 774. The monoisotopic (exact) mass is 372 g/mol. The van der Waals surface area contributed by atoms with Crippen molar-refractivity contribution >= 4 is 29.1 Å². The van der Waals surface area contributed by atoms with Gasteiger partial charge in [-0.25, -0.2) is 0 Å². The van der Waals surface area contributed by atoms with Gasteiger partial charge in [-0.2, -0.15) is 0 Å². The van der Waals surface area contributed by atoms with E-state index < -0.39 is 0 Å². The number of nitrogens with zero attached hydrogens (tertiary/aromatic N) is 1. The zero-order valence-corrected chi connectivity index (χ0v) is 16.1. The van der Waals surface area contributed by atoms with Crippen LogP contribution < -0.4 is 5.32 Å². The van der Waals surface area contributed by atoms with Gasteiger partial charge >= 0.3 is 0 Å². The molecule has 138 valence electrons. The fourth-order valence-corrected chi connectivity index (χ4v) is 5.40. The molecule has 2 aliphatic carbocycles. The van der Waals surface area contributed by atoms with Crippen LogP contribution in [0.15, 0.2) is 24.3 Å². The van der Waals surface area contributed by atoms with Crippen LogP contribution in [0.4, 0.5) is 0 Å². The lowest BCUT2D eigenvalue weighted by molar-refractivity contribution is -0.140. The van der Waals surface area contributed by atoms with E-state index in [9.17, 15) is 14.4 Å². The van der Waals surface area contributed by atoms with Crippen LogP contribution in [-0.4, -0.2) is 35.7 Å². The molecule has 4 rings (SSSR count). The number of thiophene rings is 1. The van der Waals surface area contributed by atoms with Crippen LogP contribution in [0, 0.1) is 23.7 Å².